The van der Waals surface area contributed by atoms with Gasteiger partial charge in [-0.05, 0) is 0 Å². The molecular formula is C4H4CaClNaO6. The molecule has 0 amide bonds. The van der Waals surface area contributed by atoms with Crippen LogP contribution in [-0.4, -0.2) is 72.1 Å². The number of hydrogen-bond donors (Lipinski definition) is 2. The number of aliphatic hydroxyl groups is 2. The average molecular weight is 247 g/mol. The number of halogens is 1. The maximum Gasteiger partial charge on any atom is 2.00 e. The third-order valence-corrected chi connectivity index (χ3v) is 0.782. The maximum absolute atomic E-state index is 9.63. The van der Waals surface area contributed by atoms with Gasteiger partial charge in [0.2, 0.25) is 0 Å². The molecule has 0 heterocycles. The molecule has 2 atom stereocenters. The Kier molecular flexibility index (Phi) is 21.1. The molecular weight excluding hydrogens is 243 g/mol. The number of carboxylic acid groups (broad SMARTS) is 2. The summed E-state index contributed by atoms with van der Waals surface area (Å²) in [7, 11) is 0. The van der Waals surface area contributed by atoms with E-state index in [4.69, 9.17) is 10.2 Å². The van der Waals surface area contributed by atoms with E-state index in [-0.39, 0.29) is 79.7 Å². The Morgan fingerprint density at radius 2 is 1.15 bits per heavy atom. The van der Waals surface area contributed by atoms with Gasteiger partial charge in [0.1, 0.15) is 12.2 Å². The van der Waals surface area contributed by atoms with Crippen LogP contribution in [0.1, 0.15) is 0 Å². The first-order chi connectivity index (χ1) is 4.46. The molecule has 66 valence electrons. The number of aliphatic hydroxyl groups excluding tert-OH is 2. The van der Waals surface area contributed by atoms with Crippen LogP contribution in [0, 0.1) is 0 Å². The molecule has 0 rings (SSSR count). The van der Waals surface area contributed by atoms with Gasteiger partial charge in [-0.25, -0.2) is 0 Å². The van der Waals surface area contributed by atoms with Crippen molar-refractivity contribution < 1.29 is 72.0 Å². The van der Waals surface area contributed by atoms with Crippen molar-refractivity contribution in [2.24, 2.45) is 0 Å². The SMILES string of the molecule is O=C([O-])[C@H](O)[C@@H](O)C(=O)[O-].[Ca+2].[Cl-].[Na+]. The van der Waals surface area contributed by atoms with E-state index in [1.807, 2.05) is 0 Å². The first-order valence-electron chi connectivity index (χ1n) is 2.24. The van der Waals surface area contributed by atoms with Crippen LogP contribution in [-0.2, 0) is 9.59 Å². The molecule has 0 aromatic carbocycles. The van der Waals surface area contributed by atoms with Gasteiger partial charge >= 0.3 is 67.3 Å². The molecule has 0 fully saturated rings. The van der Waals surface area contributed by atoms with Crippen LogP contribution in [0.5, 0.6) is 0 Å². The first-order valence-corrected chi connectivity index (χ1v) is 2.24. The van der Waals surface area contributed by atoms with Gasteiger partial charge in [0.05, 0.1) is 11.9 Å². The fraction of sp³-hybridized carbons (Fsp3) is 0.500. The second-order valence-electron chi connectivity index (χ2n) is 1.53. The summed E-state index contributed by atoms with van der Waals surface area (Å²) >= 11 is 0. The molecule has 0 saturated carbocycles. The van der Waals surface area contributed by atoms with Crippen LogP contribution >= 0.6 is 0 Å². The van der Waals surface area contributed by atoms with Gasteiger partial charge in [0.25, 0.3) is 0 Å². The van der Waals surface area contributed by atoms with E-state index in [0.717, 1.165) is 0 Å². The van der Waals surface area contributed by atoms with Gasteiger partial charge < -0.3 is 42.4 Å². The van der Waals surface area contributed by atoms with E-state index in [9.17, 15) is 19.8 Å². The molecule has 9 heteroatoms. The van der Waals surface area contributed by atoms with E-state index in [1.165, 1.54) is 0 Å². The van der Waals surface area contributed by atoms with Crippen molar-refractivity contribution in [3.05, 3.63) is 0 Å². The molecule has 0 aliphatic heterocycles. The Bertz CT molecular complexity index is 149. The summed E-state index contributed by atoms with van der Waals surface area (Å²) in [5, 5.41) is 35.7. The van der Waals surface area contributed by atoms with Crippen molar-refractivity contribution in [1.82, 2.24) is 0 Å². The van der Waals surface area contributed by atoms with E-state index in [0.29, 0.717) is 0 Å². The number of carboxylic acids is 2. The number of carbonyl (C=O) groups is 2. The van der Waals surface area contributed by atoms with Crippen LogP contribution in [0.15, 0.2) is 0 Å². The third kappa shape index (κ3) is 9.71. The second kappa shape index (κ2) is 11.5. The fourth-order valence-electron chi connectivity index (χ4n) is 0.258. The number of aliphatic carboxylic acids is 2. The molecule has 0 bridgehead atoms. The molecule has 0 aromatic heterocycles. The Hall–Kier alpha value is 1.41. The predicted molar refractivity (Wildman–Crippen MR) is 27.8 cm³/mol. The molecule has 6 nitrogen and oxygen atoms in total. The zero-order chi connectivity index (χ0) is 8.31. The average Bonchev–Trinajstić information content (AvgIpc) is 1.84. The van der Waals surface area contributed by atoms with Gasteiger partial charge in [-0.2, -0.15) is 0 Å². The summed E-state index contributed by atoms with van der Waals surface area (Å²) in [6, 6.07) is 0. The van der Waals surface area contributed by atoms with Crippen molar-refractivity contribution in [2.75, 3.05) is 0 Å². The first kappa shape index (κ1) is 23.9. The summed E-state index contributed by atoms with van der Waals surface area (Å²) in [5.74, 6) is -4.12. The summed E-state index contributed by atoms with van der Waals surface area (Å²) < 4.78 is 0. The third-order valence-electron chi connectivity index (χ3n) is 0.782. The topological polar surface area (TPSA) is 121 Å². The minimum absolute atomic E-state index is 0. The van der Waals surface area contributed by atoms with Gasteiger partial charge in [-0.1, -0.05) is 0 Å². The van der Waals surface area contributed by atoms with Gasteiger partial charge in [0, 0.05) is 0 Å². The molecule has 0 spiro atoms. The Labute approximate surface area is 132 Å². The summed E-state index contributed by atoms with van der Waals surface area (Å²) in [5.41, 5.74) is 0. The van der Waals surface area contributed by atoms with Crippen molar-refractivity contribution in [3.8, 4) is 0 Å². The monoisotopic (exact) mass is 246 g/mol. The molecule has 13 heavy (non-hydrogen) atoms. The van der Waals surface area contributed by atoms with Crippen LogP contribution in [0.4, 0.5) is 0 Å². The zero-order valence-electron chi connectivity index (χ0n) is 6.77. The molecule has 0 radical (unpaired) electrons. The second-order valence-corrected chi connectivity index (χ2v) is 1.53. The van der Waals surface area contributed by atoms with E-state index < -0.39 is 24.1 Å². The molecule has 0 aliphatic carbocycles. The molecule has 0 aromatic rings. The number of hydrogen-bond acceptors (Lipinski definition) is 6. The number of carbonyl (C=O) groups excluding carboxylic acids is 2. The smallest absolute Gasteiger partial charge is 1.00 e. The van der Waals surface area contributed by atoms with Crippen molar-refractivity contribution in [1.29, 1.82) is 0 Å². The molecule has 2 N–H and O–H groups in total. The Morgan fingerprint density at radius 3 is 1.23 bits per heavy atom. The zero-order valence-corrected chi connectivity index (χ0v) is 11.7. The molecule has 0 unspecified atom stereocenters. The minimum atomic E-state index is -2.44. The van der Waals surface area contributed by atoms with Crippen molar-refractivity contribution >= 4 is 49.7 Å². The van der Waals surface area contributed by atoms with Gasteiger partial charge in [-0.3, -0.25) is 0 Å². The van der Waals surface area contributed by atoms with Crippen LogP contribution in [0.25, 0.3) is 0 Å². The van der Waals surface area contributed by atoms with Crippen molar-refractivity contribution in [2.45, 2.75) is 12.2 Å². The number of rotatable bonds is 3. The van der Waals surface area contributed by atoms with Crippen molar-refractivity contribution in [3.63, 3.8) is 0 Å². The summed E-state index contributed by atoms with van der Waals surface area (Å²) in [6.45, 7) is 0. The largest absolute Gasteiger partial charge is 2.00 e. The quantitative estimate of drug-likeness (QED) is 0.477. The van der Waals surface area contributed by atoms with Gasteiger partial charge in [0.15, 0.2) is 0 Å². The van der Waals surface area contributed by atoms with E-state index in [1.54, 1.807) is 0 Å². The Balaban J connectivity index is -0.000000135. The standard InChI is InChI=1S/C4H6O6.Ca.ClH.Na/c5-1(3(7)8)2(6)4(9)10;;;/h1-2,5-6H,(H,7,8)(H,9,10);;1H;/q;+2;;+1/p-3/t1-,2-;;;/m1.../s1. The maximum atomic E-state index is 9.63. The predicted octanol–water partition coefficient (Wildman–Crippen LogP) is -11.2. The summed E-state index contributed by atoms with van der Waals surface area (Å²) in [4.78, 5) is 19.3. The fourth-order valence-corrected chi connectivity index (χ4v) is 0.258. The minimum Gasteiger partial charge on any atom is -1.00 e. The van der Waals surface area contributed by atoms with E-state index >= 15 is 0 Å². The van der Waals surface area contributed by atoms with Crippen LogP contribution < -0.4 is 52.2 Å². The normalized spacial score (nSPS) is 12.2. The van der Waals surface area contributed by atoms with Crippen LogP contribution in [0.2, 0.25) is 0 Å². The Morgan fingerprint density at radius 1 is 1.00 bits per heavy atom. The molecule has 0 aliphatic rings. The molecule has 0 saturated heterocycles. The van der Waals surface area contributed by atoms with E-state index in [2.05, 4.69) is 0 Å². The van der Waals surface area contributed by atoms with Gasteiger partial charge in [-0.15, -0.1) is 0 Å². The van der Waals surface area contributed by atoms with Crippen LogP contribution in [0.3, 0.4) is 0 Å². The summed E-state index contributed by atoms with van der Waals surface area (Å²) in [6.07, 6.45) is -4.88.